The summed E-state index contributed by atoms with van der Waals surface area (Å²) in [5, 5.41) is 4.68. The molecular weight excluding hydrogens is 268 g/mol. The molecule has 0 aliphatic carbocycles. The molecule has 0 saturated carbocycles. The molecule has 2 rings (SSSR count). The second-order valence-electron chi connectivity index (χ2n) is 3.84. The summed E-state index contributed by atoms with van der Waals surface area (Å²) in [6, 6.07) is 6.05. The molecule has 5 heteroatoms. The summed E-state index contributed by atoms with van der Waals surface area (Å²) in [6.45, 7) is 4.01. The minimum absolute atomic E-state index is 0.605. The van der Waals surface area contributed by atoms with E-state index in [1.54, 1.807) is 12.5 Å². The van der Waals surface area contributed by atoms with Crippen LogP contribution in [0.4, 0.5) is 0 Å². The van der Waals surface area contributed by atoms with Gasteiger partial charge in [0, 0.05) is 11.4 Å². The Morgan fingerprint density at radius 3 is 3.00 bits per heavy atom. The van der Waals surface area contributed by atoms with Crippen molar-refractivity contribution in [3.8, 4) is 0 Å². The second kappa shape index (κ2) is 6.83. The third-order valence-electron chi connectivity index (χ3n) is 2.36. The molecule has 0 aliphatic heterocycles. The van der Waals surface area contributed by atoms with E-state index in [4.69, 9.17) is 16.0 Å². The average Bonchev–Trinajstić information content (AvgIpc) is 2.86. The van der Waals surface area contributed by atoms with Crippen molar-refractivity contribution in [1.29, 1.82) is 0 Å². The molecule has 1 aromatic heterocycles. The van der Waals surface area contributed by atoms with Crippen LogP contribution in [0.1, 0.15) is 18.9 Å². The first-order chi connectivity index (χ1) is 8.79. The molecule has 0 aliphatic rings. The summed E-state index contributed by atoms with van der Waals surface area (Å²) in [6.07, 6.45) is 4.31. The number of halogens is 1. The van der Waals surface area contributed by atoms with Gasteiger partial charge in [0.15, 0.2) is 0 Å². The Hall–Kier alpha value is -0.970. The van der Waals surface area contributed by atoms with Crippen LogP contribution >= 0.6 is 23.4 Å². The lowest BCUT2D eigenvalue weighted by atomic mass is 10.2. The number of nitrogens with one attached hydrogen (secondary N) is 1. The van der Waals surface area contributed by atoms with Crippen LogP contribution in [-0.4, -0.2) is 11.5 Å². The van der Waals surface area contributed by atoms with Crippen molar-refractivity contribution >= 4 is 23.4 Å². The highest BCUT2D eigenvalue weighted by molar-refractivity contribution is 7.99. The fourth-order valence-corrected chi connectivity index (χ4v) is 2.52. The van der Waals surface area contributed by atoms with Gasteiger partial charge in [-0.05, 0) is 42.4 Å². The number of hydrogen-bond acceptors (Lipinski definition) is 4. The lowest BCUT2D eigenvalue weighted by Gasteiger charge is -2.06. The lowest BCUT2D eigenvalue weighted by molar-refractivity contribution is 0.454. The van der Waals surface area contributed by atoms with Crippen molar-refractivity contribution in [2.75, 3.05) is 6.54 Å². The zero-order valence-electron chi connectivity index (χ0n) is 10.1. The molecule has 3 nitrogen and oxygen atoms in total. The summed E-state index contributed by atoms with van der Waals surface area (Å²) >= 11 is 7.67. The Balaban J connectivity index is 2.01. The number of aromatic nitrogens is 1. The zero-order chi connectivity index (χ0) is 12.8. The molecule has 0 spiro atoms. The number of rotatable bonds is 6. The maximum atomic E-state index is 6.24. The summed E-state index contributed by atoms with van der Waals surface area (Å²) in [4.78, 5) is 5.02. The molecular formula is C13H15ClN2OS. The molecule has 0 amide bonds. The van der Waals surface area contributed by atoms with Crippen LogP contribution in [-0.2, 0) is 6.54 Å². The highest BCUT2D eigenvalue weighted by atomic mass is 35.5. The van der Waals surface area contributed by atoms with Gasteiger partial charge < -0.3 is 9.73 Å². The van der Waals surface area contributed by atoms with Gasteiger partial charge in [-0.25, -0.2) is 4.98 Å². The van der Waals surface area contributed by atoms with E-state index in [0.717, 1.165) is 29.4 Å². The number of nitrogens with zero attached hydrogens (tertiary/aromatic N) is 1. The SMILES string of the molecule is CCCNCc1ccc(Sc2ncco2)c(Cl)c1. The van der Waals surface area contributed by atoms with E-state index in [0.29, 0.717) is 5.22 Å². The number of hydrogen-bond donors (Lipinski definition) is 1. The fraction of sp³-hybridized carbons (Fsp3) is 0.308. The first-order valence-electron chi connectivity index (χ1n) is 5.86. The van der Waals surface area contributed by atoms with Gasteiger partial charge in [-0.3, -0.25) is 0 Å². The molecule has 0 atom stereocenters. The average molecular weight is 283 g/mol. The van der Waals surface area contributed by atoms with Crippen LogP contribution in [0.15, 0.2) is 45.2 Å². The largest absolute Gasteiger partial charge is 0.440 e. The van der Waals surface area contributed by atoms with Crippen molar-refractivity contribution in [1.82, 2.24) is 10.3 Å². The van der Waals surface area contributed by atoms with Crippen molar-refractivity contribution in [2.24, 2.45) is 0 Å². The van der Waals surface area contributed by atoms with Crippen molar-refractivity contribution in [3.05, 3.63) is 41.2 Å². The third kappa shape index (κ3) is 3.77. The van der Waals surface area contributed by atoms with Gasteiger partial charge in [0.2, 0.25) is 0 Å². The van der Waals surface area contributed by atoms with Crippen molar-refractivity contribution in [2.45, 2.75) is 30.0 Å². The van der Waals surface area contributed by atoms with Gasteiger partial charge in [-0.15, -0.1) is 0 Å². The minimum atomic E-state index is 0.605. The van der Waals surface area contributed by atoms with Crippen molar-refractivity contribution in [3.63, 3.8) is 0 Å². The minimum Gasteiger partial charge on any atom is -0.440 e. The van der Waals surface area contributed by atoms with Gasteiger partial charge in [0.25, 0.3) is 5.22 Å². The summed E-state index contributed by atoms with van der Waals surface area (Å²) in [5.74, 6) is 0. The number of oxazole rings is 1. The molecule has 2 aromatic rings. The smallest absolute Gasteiger partial charge is 0.260 e. The van der Waals surface area contributed by atoms with Crippen LogP contribution in [0.5, 0.6) is 0 Å². The molecule has 0 fully saturated rings. The molecule has 1 aromatic carbocycles. The maximum Gasteiger partial charge on any atom is 0.260 e. The Bertz CT molecular complexity index is 488. The fourth-order valence-electron chi connectivity index (χ4n) is 1.50. The van der Waals surface area contributed by atoms with Gasteiger partial charge in [-0.1, -0.05) is 24.6 Å². The van der Waals surface area contributed by atoms with Crippen LogP contribution < -0.4 is 5.32 Å². The van der Waals surface area contributed by atoms with Crippen LogP contribution in [0.25, 0.3) is 0 Å². The van der Waals surface area contributed by atoms with E-state index < -0.39 is 0 Å². The first-order valence-corrected chi connectivity index (χ1v) is 7.05. The van der Waals surface area contributed by atoms with Gasteiger partial charge in [0.1, 0.15) is 6.26 Å². The van der Waals surface area contributed by atoms with Crippen LogP contribution in [0.2, 0.25) is 5.02 Å². The molecule has 18 heavy (non-hydrogen) atoms. The lowest BCUT2D eigenvalue weighted by Crippen LogP contribution is -2.13. The van der Waals surface area contributed by atoms with Crippen LogP contribution in [0.3, 0.4) is 0 Å². The molecule has 0 saturated heterocycles. The Morgan fingerprint density at radius 2 is 2.33 bits per heavy atom. The van der Waals surface area contributed by atoms with E-state index >= 15 is 0 Å². The standard InChI is InChI=1S/C13H15ClN2OS/c1-2-5-15-9-10-3-4-12(11(14)8-10)18-13-16-6-7-17-13/h3-4,6-8,15H,2,5,9H2,1H3. The van der Waals surface area contributed by atoms with Crippen molar-refractivity contribution < 1.29 is 4.42 Å². The van der Waals surface area contributed by atoms with Gasteiger partial charge in [0.05, 0.1) is 11.2 Å². The topological polar surface area (TPSA) is 38.1 Å². The summed E-state index contributed by atoms with van der Waals surface area (Å²) in [7, 11) is 0. The highest BCUT2D eigenvalue weighted by Gasteiger charge is 2.06. The summed E-state index contributed by atoms with van der Waals surface area (Å²) in [5.41, 5.74) is 1.19. The maximum absolute atomic E-state index is 6.24. The Kier molecular flexibility index (Phi) is 5.11. The normalized spacial score (nSPS) is 10.8. The van der Waals surface area contributed by atoms with Gasteiger partial charge >= 0.3 is 0 Å². The summed E-state index contributed by atoms with van der Waals surface area (Å²) < 4.78 is 5.18. The third-order valence-corrected chi connectivity index (χ3v) is 3.74. The van der Waals surface area contributed by atoms with E-state index in [9.17, 15) is 0 Å². The van der Waals surface area contributed by atoms with Crippen LogP contribution in [0, 0.1) is 0 Å². The van der Waals surface area contributed by atoms with Gasteiger partial charge in [-0.2, -0.15) is 0 Å². The Labute approximate surface area is 116 Å². The molecule has 0 unspecified atom stereocenters. The monoisotopic (exact) mass is 282 g/mol. The molecule has 96 valence electrons. The predicted octanol–water partition coefficient (Wildman–Crippen LogP) is 3.98. The predicted molar refractivity (Wildman–Crippen MR) is 74.1 cm³/mol. The highest BCUT2D eigenvalue weighted by Crippen LogP contribution is 2.32. The zero-order valence-corrected chi connectivity index (χ0v) is 11.7. The molecule has 0 bridgehead atoms. The molecule has 1 N–H and O–H groups in total. The van der Waals surface area contributed by atoms with E-state index in [-0.39, 0.29) is 0 Å². The van der Waals surface area contributed by atoms with E-state index in [2.05, 4.69) is 23.3 Å². The van der Waals surface area contributed by atoms with E-state index in [1.165, 1.54) is 17.3 Å². The number of benzene rings is 1. The molecule has 0 radical (unpaired) electrons. The van der Waals surface area contributed by atoms with E-state index in [1.807, 2.05) is 12.1 Å². The second-order valence-corrected chi connectivity index (χ2v) is 5.24. The molecule has 1 heterocycles. The first kappa shape index (κ1) is 13.5. The Morgan fingerprint density at radius 1 is 1.44 bits per heavy atom. The quantitative estimate of drug-likeness (QED) is 0.814.